The van der Waals surface area contributed by atoms with Gasteiger partial charge in [0, 0.05) is 0 Å². The normalized spacial score (nSPS) is 12.0. The Hall–Kier alpha value is -3.06. The van der Waals surface area contributed by atoms with Crippen LogP contribution in [-0.2, 0) is 20.9 Å². The van der Waals surface area contributed by atoms with Crippen LogP contribution in [0.1, 0.15) is 12.0 Å². The summed E-state index contributed by atoms with van der Waals surface area (Å²) >= 11 is 0. The Kier molecular flexibility index (Phi) is 6.16. The minimum absolute atomic E-state index is 0.0429. The topological polar surface area (TPSA) is 114 Å². The van der Waals surface area contributed by atoms with Gasteiger partial charge in [-0.25, -0.2) is 0 Å². The lowest BCUT2D eigenvalue weighted by molar-refractivity contribution is -0.149. The number of hydrogen-bond donors (Lipinski definition) is 2. The van der Waals surface area contributed by atoms with Crippen molar-refractivity contribution in [1.29, 1.82) is 0 Å². The molecule has 0 aliphatic rings. The highest BCUT2D eigenvalue weighted by Gasteiger charge is 2.17. The summed E-state index contributed by atoms with van der Waals surface area (Å²) in [5.41, 5.74) is 7.44. The molecule has 1 atom stereocenters. The van der Waals surface area contributed by atoms with Gasteiger partial charge in [-0.3, -0.25) is 9.59 Å². The van der Waals surface area contributed by atoms with Gasteiger partial charge in [0.1, 0.15) is 12.6 Å². The zero-order chi connectivity index (χ0) is 17.4. The van der Waals surface area contributed by atoms with Crippen LogP contribution in [-0.4, -0.2) is 23.1 Å². The average molecular weight is 327 g/mol. The van der Waals surface area contributed by atoms with Gasteiger partial charge >= 0.3 is 11.9 Å². The van der Waals surface area contributed by atoms with Crippen molar-refractivity contribution < 1.29 is 19.4 Å². The standard InChI is InChI=1S/C17H17N3O4/c18-15(17(22)23)10-16(21)24-11-12-6-8-14(9-7-12)20-19-13-4-2-1-3-5-13/h1-9,15H,10-11,18H2,(H,22,23)/t15-/m0/s1. The number of azo groups is 1. The van der Waals surface area contributed by atoms with E-state index in [0.29, 0.717) is 5.69 Å². The quantitative estimate of drug-likeness (QED) is 0.599. The molecule has 0 saturated heterocycles. The van der Waals surface area contributed by atoms with Crippen molar-refractivity contribution >= 4 is 23.3 Å². The molecule has 0 radical (unpaired) electrons. The Bertz CT molecular complexity index is 714. The zero-order valence-corrected chi connectivity index (χ0v) is 12.8. The fourth-order valence-corrected chi connectivity index (χ4v) is 1.76. The molecule has 0 amide bonds. The minimum atomic E-state index is -1.25. The van der Waals surface area contributed by atoms with Crippen molar-refractivity contribution in [3.8, 4) is 0 Å². The molecule has 2 aromatic carbocycles. The molecule has 2 aromatic rings. The number of carbonyl (C=O) groups excluding carboxylic acids is 1. The first-order valence-electron chi connectivity index (χ1n) is 7.24. The lowest BCUT2D eigenvalue weighted by Crippen LogP contribution is -2.33. The van der Waals surface area contributed by atoms with Gasteiger partial charge in [0.25, 0.3) is 0 Å². The third kappa shape index (κ3) is 5.62. The Labute approximate surface area is 138 Å². The molecule has 0 aliphatic heterocycles. The molecule has 0 heterocycles. The van der Waals surface area contributed by atoms with Gasteiger partial charge in [-0.2, -0.15) is 10.2 Å². The maximum atomic E-state index is 11.5. The molecule has 0 saturated carbocycles. The summed E-state index contributed by atoms with van der Waals surface area (Å²) in [7, 11) is 0. The van der Waals surface area contributed by atoms with Crippen molar-refractivity contribution in [2.24, 2.45) is 16.0 Å². The van der Waals surface area contributed by atoms with Gasteiger partial charge in [0.05, 0.1) is 17.8 Å². The first-order valence-corrected chi connectivity index (χ1v) is 7.24. The van der Waals surface area contributed by atoms with E-state index in [-0.39, 0.29) is 13.0 Å². The zero-order valence-electron chi connectivity index (χ0n) is 12.8. The van der Waals surface area contributed by atoms with E-state index in [1.165, 1.54) is 0 Å². The van der Waals surface area contributed by atoms with Gasteiger partial charge in [-0.15, -0.1) is 0 Å². The number of nitrogens with zero attached hydrogens (tertiary/aromatic N) is 2. The molecular weight excluding hydrogens is 310 g/mol. The molecule has 0 fully saturated rings. The maximum Gasteiger partial charge on any atom is 0.321 e. The number of rotatable bonds is 7. The molecule has 2 rings (SSSR count). The van der Waals surface area contributed by atoms with Crippen molar-refractivity contribution in [2.75, 3.05) is 0 Å². The van der Waals surface area contributed by atoms with E-state index in [1.807, 2.05) is 30.3 Å². The van der Waals surface area contributed by atoms with E-state index in [2.05, 4.69) is 10.2 Å². The maximum absolute atomic E-state index is 11.5. The van der Waals surface area contributed by atoms with Crippen LogP contribution >= 0.6 is 0 Å². The molecule has 0 aromatic heterocycles. The fourth-order valence-electron chi connectivity index (χ4n) is 1.76. The summed E-state index contributed by atoms with van der Waals surface area (Å²) in [6.45, 7) is 0.0429. The molecule has 7 heteroatoms. The third-order valence-corrected chi connectivity index (χ3v) is 3.08. The number of aliphatic carboxylic acids is 1. The Morgan fingerprint density at radius 2 is 1.58 bits per heavy atom. The second-order valence-corrected chi connectivity index (χ2v) is 5.01. The van der Waals surface area contributed by atoms with Crippen LogP contribution in [0.4, 0.5) is 11.4 Å². The van der Waals surface area contributed by atoms with Gasteiger partial charge in [-0.1, -0.05) is 30.3 Å². The second kappa shape index (κ2) is 8.54. The number of ether oxygens (including phenoxy) is 1. The van der Waals surface area contributed by atoms with E-state index < -0.39 is 18.0 Å². The van der Waals surface area contributed by atoms with Crippen molar-refractivity contribution in [3.63, 3.8) is 0 Å². The summed E-state index contributed by atoms with van der Waals surface area (Å²) in [4.78, 5) is 22.0. The Balaban J connectivity index is 1.85. The molecule has 7 nitrogen and oxygen atoms in total. The van der Waals surface area contributed by atoms with Crippen LogP contribution in [0.15, 0.2) is 64.8 Å². The minimum Gasteiger partial charge on any atom is -0.480 e. The van der Waals surface area contributed by atoms with Crippen LogP contribution in [0.5, 0.6) is 0 Å². The van der Waals surface area contributed by atoms with Crippen LogP contribution < -0.4 is 5.73 Å². The monoisotopic (exact) mass is 327 g/mol. The summed E-state index contributed by atoms with van der Waals surface area (Å²) in [6, 6.07) is 15.1. The van der Waals surface area contributed by atoms with Crippen LogP contribution in [0.25, 0.3) is 0 Å². The van der Waals surface area contributed by atoms with Gasteiger partial charge in [-0.05, 0) is 29.8 Å². The largest absolute Gasteiger partial charge is 0.480 e. The van der Waals surface area contributed by atoms with Crippen molar-refractivity contribution in [1.82, 2.24) is 0 Å². The van der Waals surface area contributed by atoms with Crippen LogP contribution in [0.2, 0.25) is 0 Å². The number of nitrogens with two attached hydrogens (primary N) is 1. The highest BCUT2D eigenvalue weighted by atomic mass is 16.5. The second-order valence-electron chi connectivity index (χ2n) is 5.01. The van der Waals surface area contributed by atoms with E-state index in [9.17, 15) is 9.59 Å². The predicted octanol–water partition coefficient (Wildman–Crippen LogP) is 2.95. The van der Waals surface area contributed by atoms with Gasteiger partial charge in [0.2, 0.25) is 0 Å². The molecule has 0 aliphatic carbocycles. The molecule has 0 spiro atoms. The van der Waals surface area contributed by atoms with Crippen molar-refractivity contribution in [3.05, 3.63) is 60.2 Å². The number of carboxylic acid groups (broad SMARTS) is 1. The fraction of sp³-hybridized carbons (Fsp3) is 0.176. The number of carbonyl (C=O) groups is 2. The number of esters is 1. The summed E-state index contributed by atoms with van der Waals surface area (Å²) in [5, 5.41) is 16.8. The molecular formula is C17H17N3O4. The van der Waals surface area contributed by atoms with E-state index in [1.54, 1.807) is 24.3 Å². The Morgan fingerprint density at radius 1 is 1.00 bits per heavy atom. The van der Waals surface area contributed by atoms with Gasteiger partial charge < -0.3 is 15.6 Å². The van der Waals surface area contributed by atoms with E-state index in [0.717, 1.165) is 11.3 Å². The summed E-state index contributed by atoms with van der Waals surface area (Å²) in [5.74, 6) is -1.89. The third-order valence-electron chi connectivity index (χ3n) is 3.08. The highest BCUT2D eigenvalue weighted by Crippen LogP contribution is 2.18. The lowest BCUT2D eigenvalue weighted by atomic mass is 10.2. The molecule has 0 bridgehead atoms. The van der Waals surface area contributed by atoms with Gasteiger partial charge in [0.15, 0.2) is 0 Å². The molecule has 124 valence electrons. The Morgan fingerprint density at radius 3 is 2.17 bits per heavy atom. The van der Waals surface area contributed by atoms with E-state index in [4.69, 9.17) is 15.6 Å². The predicted molar refractivity (Wildman–Crippen MR) is 87.1 cm³/mol. The van der Waals surface area contributed by atoms with Crippen LogP contribution in [0.3, 0.4) is 0 Å². The number of carboxylic acids is 1. The average Bonchev–Trinajstić information content (AvgIpc) is 2.60. The number of hydrogen-bond acceptors (Lipinski definition) is 6. The molecule has 0 unspecified atom stereocenters. The lowest BCUT2D eigenvalue weighted by Gasteiger charge is -2.07. The summed E-state index contributed by atoms with van der Waals surface area (Å²) < 4.78 is 4.98. The first kappa shape index (κ1) is 17.3. The van der Waals surface area contributed by atoms with Crippen LogP contribution in [0, 0.1) is 0 Å². The summed E-state index contributed by atoms with van der Waals surface area (Å²) in [6.07, 6.45) is -0.362. The molecule has 3 N–H and O–H groups in total. The first-order chi connectivity index (χ1) is 11.5. The number of benzene rings is 2. The SMILES string of the molecule is N[C@@H](CC(=O)OCc1ccc(N=Nc2ccccc2)cc1)C(=O)O. The van der Waals surface area contributed by atoms with E-state index >= 15 is 0 Å². The highest BCUT2D eigenvalue weighted by molar-refractivity contribution is 5.81. The smallest absolute Gasteiger partial charge is 0.321 e. The molecule has 24 heavy (non-hydrogen) atoms. The van der Waals surface area contributed by atoms with Crippen molar-refractivity contribution in [2.45, 2.75) is 19.1 Å².